The molecule has 0 spiro atoms. The van der Waals surface area contributed by atoms with Crippen molar-refractivity contribution in [1.82, 2.24) is 0 Å². The SMILES string of the molecule is C[C@H]([SiH2]c1ccc(Cl)cc1)c1ccccc1. The summed E-state index contributed by atoms with van der Waals surface area (Å²) in [5.41, 5.74) is 2.13. The summed E-state index contributed by atoms with van der Waals surface area (Å²) in [6.45, 7) is 2.32. The largest absolute Gasteiger partial charge is 0.0843 e. The van der Waals surface area contributed by atoms with Gasteiger partial charge in [-0.25, -0.2) is 0 Å². The van der Waals surface area contributed by atoms with E-state index in [9.17, 15) is 0 Å². The van der Waals surface area contributed by atoms with Gasteiger partial charge in [0.1, 0.15) is 0 Å². The molecule has 0 unspecified atom stereocenters. The Morgan fingerprint density at radius 3 is 2.19 bits per heavy atom. The van der Waals surface area contributed by atoms with E-state index in [1.54, 1.807) is 0 Å². The van der Waals surface area contributed by atoms with Crippen LogP contribution in [0.5, 0.6) is 0 Å². The topological polar surface area (TPSA) is 0 Å². The van der Waals surface area contributed by atoms with Crippen molar-refractivity contribution in [2.75, 3.05) is 0 Å². The molecule has 0 radical (unpaired) electrons. The Morgan fingerprint density at radius 1 is 0.938 bits per heavy atom. The first-order valence-corrected chi connectivity index (χ1v) is 7.45. The van der Waals surface area contributed by atoms with E-state index in [0.717, 1.165) is 5.02 Å². The Hall–Kier alpha value is -1.05. The fourth-order valence-corrected chi connectivity index (χ4v) is 3.72. The van der Waals surface area contributed by atoms with Crippen LogP contribution < -0.4 is 5.19 Å². The van der Waals surface area contributed by atoms with Crippen molar-refractivity contribution in [3.63, 3.8) is 0 Å². The van der Waals surface area contributed by atoms with E-state index in [1.807, 2.05) is 12.1 Å². The van der Waals surface area contributed by atoms with Gasteiger partial charge in [-0.05, 0) is 23.2 Å². The van der Waals surface area contributed by atoms with Crippen molar-refractivity contribution < 1.29 is 0 Å². The van der Waals surface area contributed by atoms with Crippen molar-refractivity contribution in [2.24, 2.45) is 0 Å². The molecule has 2 aromatic carbocycles. The van der Waals surface area contributed by atoms with Gasteiger partial charge in [0.05, 0.1) is 9.52 Å². The lowest BCUT2D eigenvalue weighted by Crippen LogP contribution is -2.19. The summed E-state index contributed by atoms with van der Waals surface area (Å²) in [5.74, 6) is 0. The molecule has 16 heavy (non-hydrogen) atoms. The molecule has 2 aromatic rings. The molecule has 0 nitrogen and oxygen atoms in total. The zero-order chi connectivity index (χ0) is 11.4. The summed E-state index contributed by atoms with van der Waals surface area (Å²) in [4.78, 5) is 0. The quantitative estimate of drug-likeness (QED) is 0.731. The summed E-state index contributed by atoms with van der Waals surface area (Å²) < 4.78 is 0. The minimum Gasteiger partial charge on any atom is -0.0843 e. The third-order valence-corrected chi connectivity index (χ3v) is 5.10. The molecule has 0 fully saturated rings. The Kier molecular flexibility index (Phi) is 3.81. The standard InChI is InChI=1S/C14H15ClSi/c1-11(12-5-3-2-4-6-12)16-14-9-7-13(15)8-10-14/h2-11H,16H2,1H3/t11-/m0/s1. The highest BCUT2D eigenvalue weighted by Crippen LogP contribution is 2.13. The maximum Gasteiger partial charge on any atom is 0.0620 e. The summed E-state index contributed by atoms with van der Waals surface area (Å²) in [5, 5.41) is 2.30. The molecule has 0 aliphatic carbocycles. The highest BCUT2D eigenvalue weighted by molar-refractivity contribution is 6.55. The molecule has 0 saturated heterocycles. The maximum absolute atomic E-state index is 5.88. The smallest absolute Gasteiger partial charge is 0.0620 e. The van der Waals surface area contributed by atoms with Gasteiger partial charge in [-0.2, -0.15) is 0 Å². The molecule has 0 saturated carbocycles. The predicted molar refractivity (Wildman–Crippen MR) is 74.5 cm³/mol. The zero-order valence-electron chi connectivity index (χ0n) is 9.36. The van der Waals surface area contributed by atoms with Crippen LogP contribution in [-0.2, 0) is 0 Å². The van der Waals surface area contributed by atoms with Gasteiger partial charge in [0, 0.05) is 5.02 Å². The molecule has 1 atom stereocenters. The normalized spacial score (nSPS) is 13.1. The highest BCUT2D eigenvalue weighted by atomic mass is 35.5. The van der Waals surface area contributed by atoms with Gasteiger partial charge in [0.25, 0.3) is 0 Å². The van der Waals surface area contributed by atoms with Gasteiger partial charge in [0.2, 0.25) is 0 Å². The Balaban J connectivity index is 2.08. The lowest BCUT2D eigenvalue weighted by molar-refractivity contribution is 1.07. The van der Waals surface area contributed by atoms with E-state index in [2.05, 4.69) is 49.4 Å². The van der Waals surface area contributed by atoms with Gasteiger partial charge in [-0.1, -0.05) is 66.2 Å². The van der Waals surface area contributed by atoms with Crippen LogP contribution in [0.25, 0.3) is 0 Å². The van der Waals surface area contributed by atoms with Gasteiger partial charge in [-0.15, -0.1) is 0 Å². The second kappa shape index (κ2) is 5.33. The molecule has 0 heterocycles. The first kappa shape index (κ1) is 11.4. The first-order valence-electron chi connectivity index (χ1n) is 5.55. The van der Waals surface area contributed by atoms with Gasteiger partial charge < -0.3 is 0 Å². The average molecular weight is 247 g/mol. The summed E-state index contributed by atoms with van der Waals surface area (Å²) >= 11 is 5.88. The van der Waals surface area contributed by atoms with Crippen LogP contribution in [0.3, 0.4) is 0 Å². The van der Waals surface area contributed by atoms with Crippen LogP contribution in [-0.4, -0.2) is 9.52 Å². The molecule has 0 aliphatic rings. The van der Waals surface area contributed by atoms with Gasteiger partial charge in [-0.3, -0.25) is 0 Å². The van der Waals surface area contributed by atoms with Crippen molar-refractivity contribution in [3.8, 4) is 0 Å². The van der Waals surface area contributed by atoms with Gasteiger partial charge >= 0.3 is 0 Å². The second-order valence-electron chi connectivity index (χ2n) is 4.14. The second-order valence-corrected chi connectivity index (χ2v) is 7.03. The van der Waals surface area contributed by atoms with Crippen LogP contribution in [0, 0.1) is 0 Å². The molecule has 82 valence electrons. The van der Waals surface area contributed by atoms with Gasteiger partial charge in [0.15, 0.2) is 0 Å². The van der Waals surface area contributed by atoms with E-state index in [4.69, 9.17) is 11.6 Å². The van der Waals surface area contributed by atoms with Crippen molar-refractivity contribution in [3.05, 3.63) is 65.2 Å². The number of benzene rings is 2. The lowest BCUT2D eigenvalue weighted by atomic mass is 10.2. The summed E-state index contributed by atoms with van der Waals surface area (Å²) in [7, 11) is -0.260. The Bertz CT molecular complexity index is 436. The highest BCUT2D eigenvalue weighted by Gasteiger charge is 2.06. The molecule has 2 heteroatoms. The maximum atomic E-state index is 5.88. The fraction of sp³-hybridized carbons (Fsp3) is 0.143. The van der Waals surface area contributed by atoms with E-state index in [1.165, 1.54) is 10.8 Å². The lowest BCUT2D eigenvalue weighted by Gasteiger charge is -2.11. The number of hydrogen-bond donors (Lipinski definition) is 0. The predicted octanol–water partition coefficient (Wildman–Crippen LogP) is 2.90. The van der Waals surface area contributed by atoms with E-state index in [0.29, 0.717) is 5.54 Å². The third kappa shape index (κ3) is 2.97. The zero-order valence-corrected chi connectivity index (χ0v) is 11.5. The van der Waals surface area contributed by atoms with E-state index in [-0.39, 0.29) is 9.52 Å². The van der Waals surface area contributed by atoms with Crippen LogP contribution >= 0.6 is 11.6 Å². The minimum absolute atomic E-state index is 0.260. The summed E-state index contributed by atoms with van der Waals surface area (Å²) in [6, 6.07) is 19.0. The monoisotopic (exact) mass is 246 g/mol. The number of halogens is 1. The van der Waals surface area contributed by atoms with Crippen molar-refractivity contribution >= 4 is 26.3 Å². The van der Waals surface area contributed by atoms with Crippen LogP contribution in [0.15, 0.2) is 54.6 Å². The molecule has 0 aliphatic heterocycles. The molecular weight excluding hydrogens is 232 g/mol. The molecule has 0 N–H and O–H groups in total. The number of rotatable bonds is 3. The fourth-order valence-electron chi connectivity index (χ4n) is 1.87. The molecule has 0 aromatic heterocycles. The van der Waals surface area contributed by atoms with Crippen molar-refractivity contribution in [1.29, 1.82) is 0 Å². The third-order valence-electron chi connectivity index (χ3n) is 2.82. The first-order chi connectivity index (χ1) is 7.75. The van der Waals surface area contributed by atoms with E-state index < -0.39 is 0 Å². The van der Waals surface area contributed by atoms with E-state index >= 15 is 0 Å². The molecule has 0 amide bonds. The molecule has 2 rings (SSSR count). The van der Waals surface area contributed by atoms with Crippen LogP contribution in [0.2, 0.25) is 5.02 Å². The molecular formula is C14H15ClSi. The Morgan fingerprint density at radius 2 is 1.56 bits per heavy atom. The molecule has 0 bridgehead atoms. The Labute approximate surface area is 104 Å². The number of hydrogen-bond acceptors (Lipinski definition) is 0. The average Bonchev–Trinajstić information content (AvgIpc) is 2.33. The van der Waals surface area contributed by atoms with Crippen molar-refractivity contribution in [2.45, 2.75) is 12.5 Å². The minimum atomic E-state index is -0.260. The van der Waals surface area contributed by atoms with Crippen LogP contribution in [0.1, 0.15) is 18.0 Å². The van der Waals surface area contributed by atoms with Crippen LogP contribution in [0.4, 0.5) is 0 Å². The summed E-state index contributed by atoms with van der Waals surface area (Å²) in [6.07, 6.45) is 0.